The van der Waals surface area contributed by atoms with Crippen LogP contribution in [0.15, 0.2) is 12.1 Å². The number of amides is 1. The number of aliphatic hydroxyl groups is 1. The molecule has 0 aromatic heterocycles. The van der Waals surface area contributed by atoms with Gasteiger partial charge in [-0.3, -0.25) is 9.69 Å². The normalized spacial score (nSPS) is 11.0. The van der Waals surface area contributed by atoms with Crippen LogP contribution in [0.3, 0.4) is 0 Å². The third-order valence-corrected chi connectivity index (χ3v) is 3.71. The van der Waals surface area contributed by atoms with Crippen LogP contribution in [0, 0.1) is 0 Å². The quantitative estimate of drug-likeness (QED) is 0.704. The molecule has 0 spiro atoms. The molecule has 0 aliphatic heterocycles. The highest BCUT2D eigenvalue weighted by atomic mass is 35.5. The number of rotatable bonds is 8. The van der Waals surface area contributed by atoms with E-state index >= 15 is 0 Å². The van der Waals surface area contributed by atoms with E-state index < -0.39 is 0 Å². The summed E-state index contributed by atoms with van der Waals surface area (Å²) in [5, 5.41) is 12.6. The summed E-state index contributed by atoms with van der Waals surface area (Å²) in [5.41, 5.74) is 0.395. The van der Waals surface area contributed by atoms with Gasteiger partial charge in [0.15, 0.2) is 0 Å². The maximum atomic E-state index is 12.0. The standard InChI is InChI=1S/C13H17Cl3N2O3/c1-21-5-3-18(2-4-19)8-13(20)17-12-7-10(15)9(14)6-11(12)16/h6-7,19H,2-5,8H2,1H3,(H,17,20). The average Bonchev–Trinajstić information content (AvgIpc) is 2.42. The van der Waals surface area contributed by atoms with Crippen molar-refractivity contribution in [2.75, 3.05) is 45.3 Å². The van der Waals surface area contributed by atoms with Gasteiger partial charge in [-0.1, -0.05) is 34.8 Å². The first-order valence-corrected chi connectivity index (χ1v) is 7.38. The number of benzene rings is 1. The molecule has 0 radical (unpaired) electrons. The number of nitrogens with one attached hydrogen (secondary N) is 1. The Hall–Kier alpha value is -0.560. The van der Waals surface area contributed by atoms with Crippen LogP contribution in [0.2, 0.25) is 15.1 Å². The zero-order valence-electron chi connectivity index (χ0n) is 11.5. The van der Waals surface area contributed by atoms with E-state index in [-0.39, 0.29) is 19.1 Å². The average molecular weight is 356 g/mol. The summed E-state index contributed by atoms with van der Waals surface area (Å²) < 4.78 is 4.96. The van der Waals surface area contributed by atoms with E-state index in [9.17, 15) is 4.79 Å². The molecule has 0 unspecified atom stereocenters. The molecule has 8 heteroatoms. The number of aliphatic hydroxyl groups excluding tert-OH is 1. The van der Waals surface area contributed by atoms with Crippen LogP contribution in [0.5, 0.6) is 0 Å². The van der Waals surface area contributed by atoms with Gasteiger partial charge in [-0.15, -0.1) is 0 Å². The molecule has 1 aromatic carbocycles. The fourth-order valence-electron chi connectivity index (χ4n) is 1.64. The summed E-state index contributed by atoms with van der Waals surface area (Å²) in [7, 11) is 1.58. The lowest BCUT2D eigenvalue weighted by atomic mass is 10.3. The smallest absolute Gasteiger partial charge is 0.238 e. The van der Waals surface area contributed by atoms with Gasteiger partial charge >= 0.3 is 0 Å². The monoisotopic (exact) mass is 354 g/mol. The summed E-state index contributed by atoms with van der Waals surface area (Å²) in [5.74, 6) is -0.264. The lowest BCUT2D eigenvalue weighted by molar-refractivity contribution is -0.117. The molecule has 1 amide bonds. The van der Waals surface area contributed by atoms with Crippen molar-refractivity contribution in [2.24, 2.45) is 0 Å². The van der Waals surface area contributed by atoms with Crippen LogP contribution in [0.25, 0.3) is 0 Å². The molecule has 0 heterocycles. The van der Waals surface area contributed by atoms with Crippen LogP contribution in [-0.2, 0) is 9.53 Å². The third-order valence-electron chi connectivity index (χ3n) is 2.68. The van der Waals surface area contributed by atoms with E-state index in [1.807, 2.05) is 0 Å². The maximum Gasteiger partial charge on any atom is 0.238 e. The number of carbonyl (C=O) groups is 1. The molecule has 21 heavy (non-hydrogen) atoms. The van der Waals surface area contributed by atoms with Crippen LogP contribution in [-0.4, -0.2) is 55.9 Å². The second kappa shape index (κ2) is 9.46. The Bertz CT molecular complexity index is 486. The Kier molecular flexibility index (Phi) is 8.33. The molecular formula is C13H17Cl3N2O3. The van der Waals surface area contributed by atoms with Crippen molar-refractivity contribution in [2.45, 2.75) is 0 Å². The molecule has 0 saturated carbocycles. The van der Waals surface area contributed by atoms with E-state index in [1.165, 1.54) is 12.1 Å². The van der Waals surface area contributed by atoms with Crippen molar-refractivity contribution < 1.29 is 14.6 Å². The SMILES string of the molecule is COCCN(CCO)CC(=O)Nc1cc(Cl)c(Cl)cc1Cl. The Labute approximate surface area is 138 Å². The molecule has 0 saturated heterocycles. The minimum absolute atomic E-state index is 0.0372. The molecule has 0 bridgehead atoms. The summed E-state index contributed by atoms with van der Waals surface area (Å²) in [6.45, 7) is 1.47. The number of anilines is 1. The van der Waals surface area contributed by atoms with Gasteiger partial charge in [0.05, 0.1) is 40.5 Å². The van der Waals surface area contributed by atoms with Gasteiger partial charge in [-0.2, -0.15) is 0 Å². The van der Waals surface area contributed by atoms with Gasteiger partial charge in [0.25, 0.3) is 0 Å². The Balaban J connectivity index is 2.65. The predicted octanol–water partition coefficient (Wildman–Crippen LogP) is 2.53. The van der Waals surface area contributed by atoms with Crippen molar-refractivity contribution in [3.05, 3.63) is 27.2 Å². The predicted molar refractivity (Wildman–Crippen MR) is 85.5 cm³/mol. The number of hydrogen-bond donors (Lipinski definition) is 2. The number of hydrogen-bond acceptors (Lipinski definition) is 4. The lowest BCUT2D eigenvalue weighted by Crippen LogP contribution is -2.37. The van der Waals surface area contributed by atoms with Crippen molar-refractivity contribution in [1.82, 2.24) is 4.90 Å². The minimum atomic E-state index is -0.264. The molecule has 2 N–H and O–H groups in total. The zero-order chi connectivity index (χ0) is 15.8. The van der Waals surface area contributed by atoms with Gasteiger partial charge in [0, 0.05) is 20.2 Å². The van der Waals surface area contributed by atoms with Crippen molar-refractivity contribution in [1.29, 1.82) is 0 Å². The van der Waals surface area contributed by atoms with E-state index in [2.05, 4.69) is 5.32 Å². The summed E-state index contributed by atoms with van der Waals surface area (Å²) >= 11 is 17.7. The highest BCUT2D eigenvalue weighted by Gasteiger charge is 2.13. The molecule has 0 aliphatic carbocycles. The van der Waals surface area contributed by atoms with Crippen molar-refractivity contribution in [3.8, 4) is 0 Å². The second-order valence-electron chi connectivity index (χ2n) is 4.29. The van der Waals surface area contributed by atoms with Gasteiger partial charge in [0.2, 0.25) is 5.91 Å². The van der Waals surface area contributed by atoms with Crippen LogP contribution in [0.4, 0.5) is 5.69 Å². The molecular weight excluding hydrogens is 339 g/mol. The first-order chi connectivity index (χ1) is 9.97. The lowest BCUT2D eigenvalue weighted by Gasteiger charge is -2.20. The number of ether oxygens (including phenoxy) is 1. The van der Waals surface area contributed by atoms with Crippen molar-refractivity contribution >= 4 is 46.4 Å². The summed E-state index contributed by atoms with van der Waals surface area (Å²) in [6.07, 6.45) is 0. The highest BCUT2D eigenvalue weighted by Crippen LogP contribution is 2.32. The zero-order valence-corrected chi connectivity index (χ0v) is 13.8. The molecule has 1 rings (SSSR count). The van der Waals surface area contributed by atoms with E-state index in [0.29, 0.717) is 40.5 Å². The maximum absolute atomic E-state index is 12.0. The van der Waals surface area contributed by atoms with Gasteiger partial charge in [0.1, 0.15) is 0 Å². The summed E-state index contributed by atoms with van der Waals surface area (Å²) in [6, 6.07) is 2.97. The van der Waals surface area contributed by atoms with E-state index in [1.54, 1.807) is 12.0 Å². The number of methoxy groups -OCH3 is 1. The van der Waals surface area contributed by atoms with E-state index in [0.717, 1.165) is 0 Å². The molecule has 118 valence electrons. The van der Waals surface area contributed by atoms with Gasteiger partial charge < -0.3 is 15.2 Å². The fraction of sp³-hybridized carbons (Fsp3) is 0.462. The Morgan fingerprint density at radius 3 is 2.52 bits per heavy atom. The van der Waals surface area contributed by atoms with Gasteiger partial charge in [-0.05, 0) is 12.1 Å². The molecule has 1 aromatic rings. The van der Waals surface area contributed by atoms with Gasteiger partial charge in [-0.25, -0.2) is 0 Å². The first-order valence-electron chi connectivity index (χ1n) is 6.24. The van der Waals surface area contributed by atoms with Crippen LogP contribution in [0.1, 0.15) is 0 Å². The van der Waals surface area contributed by atoms with Crippen molar-refractivity contribution in [3.63, 3.8) is 0 Å². The molecule has 5 nitrogen and oxygen atoms in total. The number of nitrogens with zero attached hydrogens (tertiary/aromatic N) is 1. The largest absolute Gasteiger partial charge is 0.395 e. The van der Waals surface area contributed by atoms with Crippen LogP contribution < -0.4 is 5.32 Å². The topological polar surface area (TPSA) is 61.8 Å². The molecule has 0 aliphatic rings. The highest BCUT2D eigenvalue weighted by molar-refractivity contribution is 6.44. The third kappa shape index (κ3) is 6.38. The molecule has 0 atom stereocenters. The van der Waals surface area contributed by atoms with Crippen LogP contribution >= 0.6 is 34.8 Å². The summed E-state index contributed by atoms with van der Waals surface area (Å²) in [4.78, 5) is 13.8. The number of halogens is 3. The van der Waals surface area contributed by atoms with E-state index in [4.69, 9.17) is 44.6 Å². The Morgan fingerprint density at radius 2 is 1.90 bits per heavy atom. The number of carbonyl (C=O) groups excluding carboxylic acids is 1. The first kappa shape index (κ1) is 18.5. The second-order valence-corrected chi connectivity index (χ2v) is 5.51. The fourth-order valence-corrected chi connectivity index (χ4v) is 2.24. The molecule has 0 fully saturated rings. The Morgan fingerprint density at radius 1 is 1.24 bits per heavy atom. The minimum Gasteiger partial charge on any atom is -0.395 e.